The van der Waals surface area contributed by atoms with Crippen LogP contribution < -0.4 is 21.1 Å². The third-order valence-electron chi connectivity index (χ3n) is 7.25. The van der Waals surface area contributed by atoms with Gasteiger partial charge < -0.3 is 30.8 Å². The van der Waals surface area contributed by atoms with Gasteiger partial charge in [0.2, 0.25) is 11.9 Å². The minimum atomic E-state index is -0.289. The van der Waals surface area contributed by atoms with Crippen molar-refractivity contribution in [1.29, 1.82) is 0 Å². The molecule has 5 N–H and O–H groups in total. The molecular weight excluding hydrogens is 460 g/mol. The van der Waals surface area contributed by atoms with Crippen LogP contribution in [0.2, 0.25) is 0 Å². The first-order valence-electron chi connectivity index (χ1n) is 12.4. The molecule has 3 heterocycles. The Morgan fingerprint density at radius 2 is 2.08 bits per heavy atom. The molecule has 4 atom stereocenters. The van der Waals surface area contributed by atoms with Crippen LogP contribution in [0.1, 0.15) is 6.42 Å². The van der Waals surface area contributed by atoms with Crippen molar-refractivity contribution >= 4 is 34.5 Å². The van der Waals surface area contributed by atoms with E-state index in [0.29, 0.717) is 29.5 Å². The Balaban J connectivity index is 1.17. The fraction of sp³-hybridized carbons (Fsp3) is 0.440. The Morgan fingerprint density at radius 3 is 2.94 bits per heavy atom. The number of amides is 1. The van der Waals surface area contributed by atoms with Gasteiger partial charge in [0, 0.05) is 37.4 Å². The predicted molar refractivity (Wildman–Crippen MR) is 135 cm³/mol. The first-order chi connectivity index (χ1) is 17.6. The summed E-state index contributed by atoms with van der Waals surface area (Å²) in [4.78, 5) is 31.2. The minimum Gasteiger partial charge on any atom is -0.492 e. The molecule has 2 aromatic heterocycles. The highest BCUT2D eigenvalue weighted by atomic mass is 16.5. The number of nitrogens with zero attached hydrogens (tertiary/aromatic N) is 4. The number of aromatic amines is 1. The lowest BCUT2D eigenvalue weighted by Gasteiger charge is -2.27. The highest BCUT2D eigenvalue weighted by molar-refractivity contribution is 5.85. The number of fused-ring (bicyclic) bond motifs is 3. The Bertz CT molecular complexity index is 1270. The van der Waals surface area contributed by atoms with Crippen LogP contribution in [0.4, 0.5) is 17.5 Å². The lowest BCUT2D eigenvalue weighted by atomic mass is 9.88. The van der Waals surface area contributed by atoms with Crippen molar-refractivity contribution in [2.24, 2.45) is 23.5 Å². The van der Waals surface area contributed by atoms with Crippen LogP contribution in [0.25, 0.3) is 11.2 Å². The van der Waals surface area contributed by atoms with Gasteiger partial charge in [-0.2, -0.15) is 9.97 Å². The number of carbonyl (C=O) groups is 1. The molecule has 0 unspecified atom stereocenters. The molecule has 2 aliphatic carbocycles. The SMILES string of the molecule is NC(=O)[C@@H]1[C@H](Nc2nc(Nc3cccc(OCCN4CCOCC4)c3)nc3nc[nH]c23)[C@H]2C=C[C@H]1C2. The molecule has 3 aromatic rings. The van der Waals surface area contributed by atoms with Gasteiger partial charge >= 0.3 is 0 Å². The van der Waals surface area contributed by atoms with Crippen LogP contribution in [0.3, 0.4) is 0 Å². The summed E-state index contributed by atoms with van der Waals surface area (Å²) in [5.41, 5.74) is 7.77. The third kappa shape index (κ3) is 4.59. The largest absolute Gasteiger partial charge is 0.492 e. The lowest BCUT2D eigenvalue weighted by molar-refractivity contribution is -0.122. The maximum atomic E-state index is 12.2. The number of imidazole rings is 1. The van der Waals surface area contributed by atoms with E-state index in [-0.39, 0.29) is 29.7 Å². The standard InChI is InChI=1S/C25H30N8O3/c26-22(34)19-15-4-5-16(12-15)20(19)30-24-21-23(28-14-27-21)31-25(32-24)29-17-2-1-3-18(13-17)36-11-8-33-6-9-35-10-7-33/h1-5,13-16,19-20H,6-12H2,(H2,26,34)(H3,27,28,29,30,31,32)/t15-,16-,19-,20+/m0/s1. The predicted octanol–water partition coefficient (Wildman–Crippen LogP) is 1.90. The molecule has 2 fully saturated rings. The smallest absolute Gasteiger partial charge is 0.231 e. The van der Waals surface area contributed by atoms with Gasteiger partial charge in [-0.05, 0) is 30.4 Å². The van der Waals surface area contributed by atoms with Crippen molar-refractivity contribution in [3.8, 4) is 5.75 Å². The van der Waals surface area contributed by atoms with Gasteiger partial charge in [0.25, 0.3) is 0 Å². The van der Waals surface area contributed by atoms with Crippen molar-refractivity contribution < 1.29 is 14.3 Å². The van der Waals surface area contributed by atoms with Crippen molar-refractivity contribution in [2.75, 3.05) is 50.1 Å². The van der Waals surface area contributed by atoms with Crippen molar-refractivity contribution in [3.05, 3.63) is 42.7 Å². The second-order valence-corrected chi connectivity index (χ2v) is 9.50. The van der Waals surface area contributed by atoms with E-state index in [1.165, 1.54) is 0 Å². The second kappa shape index (κ2) is 9.75. The maximum Gasteiger partial charge on any atom is 0.231 e. The van der Waals surface area contributed by atoms with Gasteiger partial charge in [-0.1, -0.05) is 18.2 Å². The molecule has 1 amide bonds. The number of hydrogen-bond donors (Lipinski definition) is 4. The number of morpholine rings is 1. The number of anilines is 3. The van der Waals surface area contributed by atoms with Crippen LogP contribution in [-0.2, 0) is 9.53 Å². The van der Waals surface area contributed by atoms with Crippen molar-refractivity contribution in [1.82, 2.24) is 24.8 Å². The summed E-state index contributed by atoms with van der Waals surface area (Å²) >= 11 is 0. The number of ether oxygens (including phenoxy) is 2. The molecule has 1 aromatic carbocycles. The number of nitrogens with one attached hydrogen (secondary N) is 3. The Morgan fingerprint density at radius 1 is 1.22 bits per heavy atom. The number of rotatable bonds is 9. The zero-order valence-electron chi connectivity index (χ0n) is 19.9. The first-order valence-corrected chi connectivity index (χ1v) is 12.4. The van der Waals surface area contributed by atoms with Crippen LogP contribution in [0, 0.1) is 17.8 Å². The topological polar surface area (TPSA) is 143 Å². The van der Waals surface area contributed by atoms with E-state index in [1.54, 1.807) is 6.33 Å². The molecule has 11 heteroatoms. The Labute approximate surface area is 208 Å². The summed E-state index contributed by atoms with van der Waals surface area (Å²) in [6, 6.07) is 7.60. The van der Waals surface area contributed by atoms with E-state index in [4.69, 9.17) is 20.2 Å². The van der Waals surface area contributed by atoms with Gasteiger partial charge in [-0.15, -0.1) is 0 Å². The van der Waals surface area contributed by atoms with Crippen LogP contribution in [0.15, 0.2) is 42.7 Å². The molecule has 3 aliphatic rings. The first kappa shape index (κ1) is 22.7. The molecule has 0 spiro atoms. The Hall–Kier alpha value is -3.70. The molecule has 1 saturated heterocycles. The van der Waals surface area contributed by atoms with Crippen LogP contribution in [0.5, 0.6) is 5.75 Å². The summed E-state index contributed by atoms with van der Waals surface area (Å²) in [6.45, 7) is 4.89. The van der Waals surface area contributed by atoms with E-state index in [2.05, 4.69) is 42.6 Å². The molecule has 0 radical (unpaired) electrons. The number of benzene rings is 1. The zero-order chi connectivity index (χ0) is 24.5. The molecule has 6 rings (SSSR count). The highest BCUT2D eigenvalue weighted by Crippen LogP contribution is 2.45. The summed E-state index contributed by atoms with van der Waals surface area (Å²) in [5, 5.41) is 6.75. The van der Waals surface area contributed by atoms with Crippen molar-refractivity contribution in [2.45, 2.75) is 12.5 Å². The van der Waals surface area contributed by atoms with Crippen LogP contribution >= 0.6 is 0 Å². The van der Waals surface area contributed by atoms with E-state index >= 15 is 0 Å². The second-order valence-electron chi connectivity index (χ2n) is 9.50. The number of nitrogens with two attached hydrogens (primary N) is 1. The van der Waals surface area contributed by atoms with Gasteiger partial charge in [-0.3, -0.25) is 9.69 Å². The molecule has 188 valence electrons. The quantitative estimate of drug-likeness (QED) is 0.331. The number of H-pyrrole nitrogens is 1. The monoisotopic (exact) mass is 490 g/mol. The number of primary amides is 1. The Kier molecular flexibility index (Phi) is 6.16. The highest BCUT2D eigenvalue weighted by Gasteiger charge is 2.47. The normalized spacial score (nSPS) is 25.3. The van der Waals surface area contributed by atoms with E-state index in [9.17, 15) is 4.79 Å². The average Bonchev–Trinajstić information content (AvgIpc) is 3.62. The summed E-state index contributed by atoms with van der Waals surface area (Å²) < 4.78 is 11.4. The number of carbonyl (C=O) groups excluding carboxylic acids is 1. The summed E-state index contributed by atoms with van der Waals surface area (Å²) in [7, 11) is 0. The van der Waals surface area contributed by atoms with E-state index in [0.717, 1.165) is 50.7 Å². The van der Waals surface area contributed by atoms with Gasteiger partial charge in [0.15, 0.2) is 11.5 Å². The molecule has 11 nitrogen and oxygen atoms in total. The lowest BCUT2D eigenvalue weighted by Crippen LogP contribution is -2.41. The molecular formula is C25H30N8O3. The molecule has 36 heavy (non-hydrogen) atoms. The number of hydrogen-bond acceptors (Lipinski definition) is 9. The van der Waals surface area contributed by atoms with Crippen LogP contribution in [-0.4, -0.2) is 76.2 Å². The fourth-order valence-corrected chi connectivity index (χ4v) is 5.47. The molecule has 2 bridgehead atoms. The zero-order valence-corrected chi connectivity index (χ0v) is 19.9. The number of aromatic nitrogens is 4. The minimum absolute atomic E-state index is 0.116. The maximum absolute atomic E-state index is 12.2. The number of allylic oxidation sites excluding steroid dienone is 1. The molecule has 1 saturated carbocycles. The summed E-state index contributed by atoms with van der Waals surface area (Å²) in [6.07, 6.45) is 6.78. The summed E-state index contributed by atoms with van der Waals surface area (Å²) in [5.74, 6) is 1.62. The van der Waals surface area contributed by atoms with Gasteiger partial charge in [0.05, 0.1) is 25.5 Å². The average molecular weight is 491 g/mol. The van der Waals surface area contributed by atoms with Crippen molar-refractivity contribution in [3.63, 3.8) is 0 Å². The van der Waals surface area contributed by atoms with E-state index in [1.807, 2.05) is 24.3 Å². The molecule has 1 aliphatic heterocycles. The van der Waals surface area contributed by atoms with E-state index < -0.39 is 0 Å². The third-order valence-corrected chi connectivity index (χ3v) is 7.25. The fourth-order valence-electron chi connectivity index (χ4n) is 5.47. The van der Waals surface area contributed by atoms with Gasteiger partial charge in [-0.25, -0.2) is 4.98 Å². The van der Waals surface area contributed by atoms with Gasteiger partial charge in [0.1, 0.15) is 17.9 Å².